The van der Waals surface area contributed by atoms with Crippen molar-refractivity contribution in [2.75, 3.05) is 18.9 Å². The van der Waals surface area contributed by atoms with Crippen LogP contribution in [0.4, 0.5) is 10.5 Å². The Balaban J connectivity index is 2.76. The number of aryl methyl sites for hydroxylation is 2. The fourth-order valence-electron chi connectivity index (χ4n) is 1.66. The Hall–Kier alpha value is -1.75. The molecule has 110 valence electrons. The van der Waals surface area contributed by atoms with E-state index in [1.54, 1.807) is 26.1 Å². The molecule has 20 heavy (non-hydrogen) atoms. The highest BCUT2D eigenvalue weighted by molar-refractivity contribution is 6.33. The van der Waals surface area contributed by atoms with Crippen LogP contribution in [0.2, 0.25) is 5.02 Å². The number of urea groups is 1. The molecule has 0 saturated heterocycles. The van der Waals surface area contributed by atoms with Crippen molar-refractivity contribution in [1.82, 2.24) is 4.90 Å². The molecule has 0 fully saturated rings. The Morgan fingerprint density at radius 1 is 1.35 bits per heavy atom. The maximum absolute atomic E-state index is 12.0. The Kier molecular flexibility index (Phi) is 5.39. The highest BCUT2D eigenvalue weighted by atomic mass is 35.5. The van der Waals surface area contributed by atoms with Gasteiger partial charge in [0.15, 0.2) is 0 Å². The molecule has 2 N–H and O–H groups in total. The third-order valence-electron chi connectivity index (χ3n) is 3.14. The third kappa shape index (κ3) is 4.13. The van der Waals surface area contributed by atoms with Crippen molar-refractivity contribution in [3.63, 3.8) is 0 Å². The molecule has 0 aliphatic heterocycles. The van der Waals surface area contributed by atoms with Gasteiger partial charge in [-0.05, 0) is 37.1 Å². The summed E-state index contributed by atoms with van der Waals surface area (Å²) in [4.78, 5) is 24.1. The van der Waals surface area contributed by atoms with E-state index in [9.17, 15) is 9.59 Å². The van der Waals surface area contributed by atoms with Gasteiger partial charge >= 0.3 is 12.0 Å². The number of hydrogen-bond acceptors (Lipinski definition) is 2. The summed E-state index contributed by atoms with van der Waals surface area (Å²) in [6.07, 6.45) is 0. The summed E-state index contributed by atoms with van der Waals surface area (Å²) < 4.78 is 0. The van der Waals surface area contributed by atoms with Crippen LogP contribution in [-0.4, -0.2) is 35.6 Å². The monoisotopic (exact) mass is 298 g/mol. The van der Waals surface area contributed by atoms with Crippen LogP contribution in [0.5, 0.6) is 0 Å². The van der Waals surface area contributed by atoms with E-state index in [0.717, 1.165) is 11.1 Å². The maximum atomic E-state index is 12.0. The second-order valence-corrected chi connectivity index (χ2v) is 5.37. The average Bonchev–Trinajstić information content (AvgIpc) is 2.35. The van der Waals surface area contributed by atoms with Crippen LogP contribution in [0, 0.1) is 19.8 Å². The quantitative estimate of drug-likeness (QED) is 0.897. The Labute approximate surface area is 123 Å². The number of amides is 2. The molecule has 0 bridgehead atoms. The molecular weight excluding hydrogens is 280 g/mol. The molecule has 0 radical (unpaired) electrons. The standard InChI is InChI=1S/C14H19ClN2O3/c1-8-5-11(15)12(6-9(8)2)16-14(20)17(4)7-10(3)13(18)19/h5-6,10H,7H2,1-4H3,(H,16,20)(H,18,19). The molecule has 0 aliphatic carbocycles. The van der Waals surface area contributed by atoms with Gasteiger partial charge in [0.05, 0.1) is 16.6 Å². The first-order valence-electron chi connectivity index (χ1n) is 6.24. The maximum Gasteiger partial charge on any atom is 0.321 e. The lowest BCUT2D eigenvalue weighted by atomic mass is 10.1. The van der Waals surface area contributed by atoms with Crippen molar-refractivity contribution in [1.29, 1.82) is 0 Å². The second kappa shape index (κ2) is 6.61. The van der Waals surface area contributed by atoms with Crippen LogP contribution >= 0.6 is 11.6 Å². The molecule has 0 saturated carbocycles. The van der Waals surface area contributed by atoms with Gasteiger partial charge in [-0.25, -0.2) is 4.79 Å². The van der Waals surface area contributed by atoms with Gasteiger partial charge in [0, 0.05) is 13.6 Å². The van der Waals surface area contributed by atoms with Crippen molar-refractivity contribution in [3.8, 4) is 0 Å². The minimum Gasteiger partial charge on any atom is -0.481 e. The average molecular weight is 299 g/mol. The van der Waals surface area contributed by atoms with Crippen LogP contribution < -0.4 is 5.32 Å². The Bertz CT molecular complexity index is 531. The summed E-state index contributed by atoms with van der Waals surface area (Å²) in [6, 6.07) is 3.19. The number of rotatable bonds is 4. The highest BCUT2D eigenvalue weighted by Crippen LogP contribution is 2.25. The van der Waals surface area contributed by atoms with Crippen molar-refractivity contribution in [2.45, 2.75) is 20.8 Å². The van der Waals surface area contributed by atoms with Gasteiger partial charge in [-0.15, -0.1) is 0 Å². The van der Waals surface area contributed by atoms with Crippen molar-refractivity contribution < 1.29 is 14.7 Å². The molecule has 1 unspecified atom stereocenters. The number of carboxylic acids is 1. The normalized spacial score (nSPS) is 11.8. The minimum atomic E-state index is -0.936. The molecule has 0 heterocycles. The molecule has 0 aliphatic rings. The predicted molar refractivity (Wildman–Crippen MR) is 79.4 cm³/mol. The van der Waals surface area contributed by atoms with Crippen LogP contribution in [0.1, 0.15) is 18.1 Å². The van der Waals surface area contributed by atoms with Crippen LogP contribution in [0.3, 0.4) is 0 Å². The molecule has 5 nitrogen and oxygen atoms in total. The predicted octanol–water partition coefficient (Wildman–Crippen LogP) is 3.14. The fraction of sp³-hybridized carbons (Fsp3) is 0.429. The zero-order valence-corrected chi connectivity index (χ0v) is 12.8. The topological polar surface area (TPSA) is 69.6 Å². The summed E-state index contributed by atoms with van der Waals surface area (Å²) in [5.41, 5.74) is 2.58. The SMILES string of the molecule is Cc1cc(Cl)c(NC(=O)N(C)CC(C)C(=O)O)cc1C. The van der Waals surface area contributed by atoms with Crippen LogP contribution in [0.15, 0.2) is 12.1 Å². The molecule has 1 aromatic rings. The number of anilines is 1. The lowest BCUT2D eigenvalue weighted by molar-refractivity contribution is -0.141. The molecular formula is C14H19ClN2O3. The van der Waals surface area contributed by atoms with Gasteiger partial charge in [-0.3, -0.25) is 4.79 Å². The molecule has 1 rings (SSSR count). The van der Waals surface area contributed by atoms with E-state index in [2.05, 4.69) is 5.32 Å². The van der Waals surface area contributed by atoms with Crippen LogP contribution in [0.25, 0.3) is 0 Å². The van der Waals surface area contributed by atoms with Gasteiger partial charge in [0.2, 0.25) is 0 Å². The lowest BCUT2D eigenvalue weighted by Crippen LogP contribution is -2.36. The van der Waals surface area contributed by atoms with Crippen molar-refractivity contribution >= 4 is 29.3 Å². The van der Waals surface area contributed by atoms with Gasteiger partial charge < -0.3 is 15.3 Å². The van der Waals surface area contributed by atoms with E-state index in [-0.39, 0.29) is 12.6 Å². The number of carbonyl (C=O) groups is 2. The van der Waals surface area contributed by atoms with E-state index in [1.807, 2.05) is 13.8 Å². The Morgan fingerprint density at radius 3 is 2.45 bits per heavy atom. The molecule has 1 aromatic carbocycles. The molecule has 1 atom stereocenters. The third-order valence-corrected chi connectivity index (χ3v) is 3.45. The summed E-state index contributed by atoms with van der Waals surface area (Å²) in [6.45, 7) is 5.55. The lowest BCUT2D eigenvalue weighted by Gasteiger charge is -2.20. The van der Waals surface area contributed by atoms with Gasteiger partial charge in [0.25, 0.3) is 0 Å². The van der Waals surface area contributed by atoms with Crippen LogP contribution in [-0.2, 0) is 4.79 Å². The summed E-state index contributed by atoms with van der Waals surface area (Å²) in [5, 5.41) is 12.0. The number of halogens is 1. The first-order chi connectivity index (χ1) is 9.22. The summed E-state index contributed by atoms with van der Waals surface area (Å²) in [5.74, 6) is -1.56. The molecule has 0 aromatic heterocycles. The molecule has 6 heteroatoms. The molecule has 0 spiro atoms. The second-order valence-electron chi connectivity index (χ2n) is 4.97. The van der Waals surface area contributed by atoms with Crippen molar-refractivity contribution in [3.05, 3.63) is 28.3 Å². The number of nitrogens with one attached hydrogen (secondary N) is 1. The van der Waals surface area contributed by atoms with Gasteiger partial charge in [0.1, 0.15) is 0 Å². The summed E-state index contributed by atoms with van der Waals surface area (Å²) >= 11 is 6.08. The largest absolute Gasteiger partial charge is 0.481 e. The minimum absolute atomic E-state index is 0.129. The van der Waals surface area contributed by atoms with E-state index < -0.39 is 11.9 Å². The van der Waals surface area contributed by atoms with Gasteiger partial charge in [-0.2, -0.15) is 0 Å². The van der Waals surface area contributed by atoms with Gasteiger partial charge in [-0.1, -0.05) is 18.5 Å². The molecule has 2 amide bonds. The van der Waals surface area contributed by atoms with Crippen molar-refractivity contribution in [2.24, 2.45) is 5.92 Å². The van der Waals surface area contributed by atoms with E-state index in [0.29, 0.717) is 10.7 Å². The zero-order chi connectivity index (χ0) is 15.4. The number of nitrogens with zero attached hydrogens (tertiary/aromatic N) is 1. The first-order valence-corrected chi connectivity index (χ1v) is 6.61. The number of carbonyl (C=O) groups excluding carboxylic acids is 1. The number of carboxylic acid groups (broad SMARTS) is 1. The number of benzene rings is 1. The smallest absolute Gasteiger partial charge is 0.321 e. The van der Waals surface area contributed by atoms with E-state index in [4.69, 9.17) is 16.7 Å². The zero-order valence-electron chi connectivity index (χ0n) is 12.0. The van der Waals surface area contributed by atoms with E-state index >= 15 is 0 Å². The first kappa shape index (κ1) is 16.3. The number of hydrogen-bond donors (Lipinski definition) is 2. The van der Waals surface area contributed by atoms with E-state index in [1.165, 1.54) is 4.90 Å². The Morgan fingerprint density at radius 2 is 1.90 bits per heavy atom. The highest BCUT2D eigenvalue weighted by Gasteiger charge is 2.18. The number of aliphatic carboxylic acids is 1. The summed E-state index contributed by atoms with van der Waals surface area (Å²) in [7, 11) is 1.55. The fourth-order valence-corrected chi connectivity index (χ4v) is 1.92.